The van der Waals surface area contributed by atoms with Gasteiger partial charge in [-0.2, -0.15) is 0 Å². The van der Waals surface area contributed by atoms with Crippen molar-refractivity contribution in [3.05, 3.63) is 0 Å². The molecule has 0 amide bonds. The first-order chi connectivity index (χ1) is 3.18. The van der Waals surface area contributed by atoms with Crippen LogP contribution in [0.2, 0.25) is 0 Å². The van der Waals surface area contributed by atoms with Crippen LogP contribution in [0.1, 0.15) is 0 Å². The molecular formula is C2H4Cl2NORu. The molecule has 0 saturated carbocycles. The molecule has 45 valence electrons. The van der Waals surface area contributed by atoms with Crippen molar-refractivity contribution in [2.75, 3.05) is 6.54 Å². The Labute approximate surface area is 54.9 Å². The van der Waals surface area contributed by atoms with E-state index in [9.17, 15) is 4.79 Å². The fourth-order valence-electron chi connectivity index (χ4n) is 0.0546. The quantitative estimate of drug-likeness (QED) is 0.697. The van der Waals surface area contributed by atoms with E-state index in [4.69, 9.17) is 25.1 Å². The Bertz CT molecular complexity index is 76.1. The molecule has 0 saturated heterocycles. The average Bonchev–Trinajstić information content (AvgIpc) is 1.65. The summed E-state index contributed by atoms with van der Waals surface area (Å²) in [4.78, 5) is 10.2. The van der Waals surface area contributed by atoms with Gasteiger partial charge in [0.25, 0.3) is 0 Å². The van der Waals surface area contributed by atoms with Gasteiger partial charge in [0.05, 0.1) is 0 Å². The van der Waals surface area contributed by atoms with Gasteiger partial charge in [-0.05, 0) is 0 Å². The van der Waals surface area contributed by atoms with Crippen LogP contribution in [0, 0.1) is 0 Å². The summed E-state index contributed by atoms with van der Waals surface area (Å²) in [6, 6.07) is 0. The number of carbonyl (C=O) groups excluding carboxylic acids is 1. The topological polar surface area (TPSA) is 43.1 Å². The van der Waals surface area contributed by atoms with Crippen molar-refractivity contribution in [3.63, 3.8) is 0 Å². The van der Waals surface area contributed by atoms with Gasteiger partial charge in [-0.1, -0.05) is 0 Å². The van der Waals surface area contributed by atoms with Crippen molar-refractivity contribution in [3.8, 4) is 0 Å². The van der Waals surface area contributed by atoms with E-state index in [2.05, 4.69) is 0 Å². The van der Waals surface area contributed by atoms with Crippen LogP contribution >= 0.6 is 19.4 Å². The zero-order valence-electron chi connectivity index (χ0n) is 3.30. The van der Waals surface area contributed by atoms with Crippen LogP contribution in [-0.2, 0) is 18.8 Å². The van der Waals surface area contributed by atoms with Crippen LogP contribution in [0.25, 0.3) is 0 Å². The third-order valence-electron chi connectivity index (χ3n) is 0.305. The standard InChI is InChI=1S/C2H4NO.2ClH.Ru/c3-1-2-4;;;/h1,3H2;2*1H;/q;;;+2/p-2. The van der Waals surface area contributed by atoms with Crippen molar-refractivity contribution < 1.29 is 18.8 Å². The van der Waals surface area contributed by atoms with Crippen LogP contribution < -0.4 is 5.73 Å². The van der Waals surface area contributed by atoms with Gasteiger partial charge in [0.1, 0.15) is 0 Å². The summed E-state index contributed by atoms with van der Waals surface area (Å²) in [5, 5.41) is 0. The summed E-state index contributed by atoms with van der Waals surface area (Å²) < 4.78 is -0.201. The molecule has 0 rings (SSSR count). The molecule has 2 nitrogen and oxygen atoms in total. The van der Waals surface area contributed by atoms with E-state index < -0.39 is 14.0 Å². The van der Waals surface area contributed by atoms with E-state index in [0.29, 0.717) is 0 Å². The van der Waals surface area contributed by atoms with Crippen LogP contribution in [0.3, 0.4) is 0 Å². The Morgan fingerprint density at radius 1 is 1.71 bits per heavy atom. The Balaban J connectivity index is 3.35. The van der Waals surface area contributed by atoms with Gasteiger partial charge in [-0.3, -0.25) is 0 Å². The number of hydrogen-bond donors (Lipinski definition) is 1. The third-order valence-corrected chi connectivity index (χ3v) is 3.16. The number of carbonyl (C=O) groups is 1. The van der Waals surface area contributed by atoms with Crippen LogP contribution in [0.5, 0.6) is 0 Å². The number of halogens is 2. The molecule has 0 aromatic heterocycles. The molecule has 0 radical (unpaired) electrons. The SMILES string of the molecule is NC[C](=O)[Ru]([Cl])[Cl]. The number of rotatable bonds is 2. The fraction of sp³-hybridized carbons (Fsp3) is 0.500. The molecule has 0 unspecified atom stereocenters. The summed E-state index contributed by atoms with van der Waals surface area (Å²) in [7, 11) is 10.4. The van der Waals surface area contributed by atoms with Crippen molar-refractivity contribution in [2.45, 2.75) is 0 Å². The molecule has 0 bridgehead atoms. The first kappa shape index (κ1) is 7.83. The van der Waals surface area contributed by atoms with Crippen LogP contribution in [0.15, 0.2) is 0 Å². The van der Waals surface area contributed by atoms with E-state index in [0.717, 1.165) is 0 Å². The third kappa shape index (κ3) is 3.42. The van der Waals surface area contributed by atoms with Gasteiger partial charge in [-0.15, -0.1) is 0 Å². The zero-order chi connectivity index (χ0) is 5.86. The summed E-state index contributed by atoms with van der Waals surface area (Å²) in [5.41, 5.74) is 4.89. The molecule has 7 heavy (non-hydrogen) atoms. The van der Waals surface area contributed by atoms with Gasteiger partial charge in [-0.25, -0.2) is 0 Å². The van der Waals surface area contributed by atoms with Gasteiger partial charge in [0.15, 0.2) is 0 Å². The van der Waals surface area contributed by atoms with Crippen molar-refractivity contribution in [1.29, 1.82) is 0 Å². The number of nitrogens with two attached hydrogens (primary N) is 1. The average molecular weight is 230 g/mol. The second kappa shape index (κ2) is 3.79. The summed E-state index contributed by atoms with van der Waals surface area (Å²) >= 11 is -2.12. The molecule has 0 spiro atoms. The summed E-state index contributed by atoms with van der Waals surface area (Å²) in [6.07, 6.45) is 0. The summed E-state index contributed by atoms with van der Waals surface area (Å²) in [5.74, 6) is 0. The minimum absolute atomic E-state index is 0.0219. The molecule has 2 N–H and O–H groups in total. The van der Waals surface area contributed by atoms with Crippen LogP contribution in [0.4, 0.5) is 0 Å². The number of hydrogen-bond acceptors (Lipinski definition) is 2. The predicted molar refractivity (Wildman–Crippen MR) is 25.8 cm³/mol. The first-order valence-electron chi connectivity index (χ1n) is 1.41. The Morgan fingerprint density at radius 2 is 2.14 bits per heavy atom. The maximum absolute atomic E-state index is 10.2. The molecule has 0 atom stereocenters. The maximum atomic E-state index is 10.2. The van der Waals surface area contributed by atoms with E-state index >= 15 is 0 Å². The first-order valence-corrected chi connectivity index (χ1v) is 6.76. The molecule has 0 fully saturated rings. The Hall–Kier alpha value is 0.833. The minimum atomic E-state index is -2.12. The monoisotopic (exact) mass is 230 g/mol. The Kier molecular flexibility index (Phi) is 4.24. The molecule has 0 aromatic rings. The second-order valence-corrected chi connectivity index (χ2v) is 6.58. The molecule has 5 heteroatoms. The van der Waals surface area contributed by atoms with E-state index in [-0.39, 0.29) is 10.9 Å². The normalized spacial score (nSPS) is 11.0. The molecule has 0 aliphatic carbocycles. The van der Waals surface area contributed by atoms with E-state index in [1.807, 2.05) is 0 Å². The molecule has 0 aliphatic heterocycles. The van der Waals surface area contributed by atoms with Crippen molar-refractivity contribution in [2.24, 2.45) is 5.73 Å². The van der Waals surface area contributed by atoms with Crippen LogP contribution in [-0.4, -0.2) is 10.9 Å². The van der Waals surface area contributed by atoms with Gasteiger partial charge >= 0.3 is 54.8 Å². The molecule has 0 aromatic carbocycles. The van der Waals surface area contributed by atoms with E-state index in [1.54, 1.807) is 0 Å². The fourth-order valence-corrected chi connectivity index (χ4v) is 0.968. The van der Waals surface area contributed by atoms with Gasteiger partial charge < -0.3 is 0 Å². The van der Waals surface area contributed by atoms with E-state index in [1.165, 1.54) is 0 Å². The predicted octanol–water partition coefficient (Wildman–Crippen LogP) is 0.398. The van der Waals surface area contributed by atoms with Crippen molar-refractivity contribution in [1.82, 2.24) is 0 Å². The Morgan fingerprint density at radius 3 is 2.14 bits per heavy atom. The summed E-state index contributed by atoms with van der Waals surface area (Å²) in [6.45, 7) is -0.0219. The molecule has 0 heterocycles. The second-order valence-electron chi connectivity index (χ2n) is 0.730. The zero-order valence-corrected chi connectivity index (χ0v) is 6.55. The van der Waals surface area contributed by atoms with Gasteiger partial charge in [0.2, 0.25) is 0 Å². The van der Waals surface area contributed by atoms with Gasteiger partial charge in [0, 0.05) is 0 Å². The molecule has 0 aliphatic rings. The van der Waals surface area contributed by atoms with Crippen molar-refractivity contribution >= 4 is 23.8 Å². The molecular weight excluding hydrogens is 226 g/mol.